The maximum atomic E-state index is 11.8. The van der Waals surface area contributed by atoms with Crippen LogP contribution in [0.25, 0.3) is 0 Å². The van der Waals surface area contributed by atoms with Gasteiger partial charge in [-0.25, -0.2) is 0 Å². The zero-order chi connectivity index (χ0) is 11.3. The maximum Gasteiger partial charge on any atom is 0.254 e. The van der Waals surface area contributed by atoms with Crippen LogP contribution in [0.4, 0.5) is 0 Å². The van der Waals surface area contributed by atoms with Crippen LogP contribution in [-0.4, -0.2) is 40.7 Å². The van der Waals surface area contributed by atoms with Gasteiger partial charge in [-0.1, -0.05) is 6.07 Å². The molecule has 4 heteroatoms. The molecule has 0 aliphatic rings. The molecule has 0 heterocycles. The third kappa shape index (κ3) is 2.95. The number of nitrogens with zero attached hydrogens (tertiary/aromatic N) is 1. The second-order valence-electron chi connectivity index (χ2n) is 3.16. The van der Waals surface area contributed by atoms with Crippen LogP contribution in [0.5, 0.6) is 5.75 Å². The van der Waals surface area contributed by atoms with Crippen LogP contribution in [0.2, 0.25) is 0 Å². The summed E-state index contributed by atoms with van der Waals surface area (Å²) in [7, 11) is 0. The third-order valence-electron chi connectivity index (χ3n) is 2.13. The van der Waals surface area contributed by atoms with Crippen molar-refractivity contribution in [3.63, 3.8) is 0 Å². The summed E-state index contributed by atoms with van der Waals surface area (Å²) in [5, 5.41) is 18.0. The first kappa shape index (κ1) is 11.5. The third-order valence-corrected chi connectivity index (χ3v) is 2.13. The fourth-order valence-corrected chi connectivity index (χ4v) is 1.35. The second-order valence-corrected chi connectivity index (χ2v) is 3.16. The molecule has 0 aliphatic carbocycles. The van der Waals surface area contributed by atoms with Crippen LogP contribution < -0.4 is 0 Å². The Morgan fingerprint density at radius 2 is 2.20 bits per heavy atom. The lowest BCUT2D eigenvalue weighted by Crippen LogP contribution is -2.33. The number of phenols is 1. The highest BCUT2D eigenvalue weighted by atomic mass is 16.3. The van der Waals surface area contributed by atoms with Crippen molar-refractivity contribution in [2.75, 3.05) is 19.7 Å². The fourth-order valence-electron chi connectivity index (χ4n) is 1.35. The van der Waals surface area contributed by atoms with Gasteiger partial charge < -0.3 is 15.1 Å². The summed E-state index contributed by atoms with van der Waals surface area (Å²) in [4.78, 5) is 13.3. The number of aromatic hydroxyl groups is 1. The number of hydrogen-bond donors (Lipinski definition) is 2. The normalized spacial score (nSPS) is 10.0. The Hall–Kier alpha value is -1.55. The van der Waals surface area contributed by atoms with Gasteiger partial charge in [0.25, 0.3) is 5.91 Å². The Kier molecular flexibility index (Phi) is 4.12. The number of aliphatic hydroxyl groups excluding tert-OH is 1. The van der Waals surface area contributed by atoms with Gasteiger partial charge in [0.1, 0.15) is 5.75 Å². The van der Waals surface area contributed by atoms with E-state index in [-0.39, 0.29) is 18.3 Å². The molecule has 0 spiro atoms. The van der Waals surface area contributed by atoms with E-state index in [1.54, 1.807) is 12.1 Å². The number of amides is 1. The molecule has 82 valence electrons. The van der Waals surface area contributed by atoms with Crippen molar-refractivity contribution in [1.82, 2.24) is 4.90 Å². The number of hydrogen-bond acceptors (Lipinski definition) is 3. The summed E-state index contributed by atoms with van der Waals surface area (Å²) < 4.78 is 0. The minimum atomic E-state index is -0.178. The number of carbonyl (C=O) groups is 1. The highest BCUT2D eigenvalue weighted by Gasteiger charge is 2.13. The Balaban J connectivity index is 2.82. The van der Waals surface area contributed by atoms with Gasteiger partial charge in [0.05, 0.1) is 6.61 Å². The summed E-state index contributed by atoms with van der Waals surface area (Å²) in [6.07, 6.45) is 0. The molecule has 15 heavy (non-hydrogen) atoms. The monoisotopic (exact) mass is 209 g/mol. The molecule has 0 aliphatic heterocycles. The minimum Gasteiger partial charge on any atom is -0.508 e. The predicted octanol–water partition coefficient (Wildman–Crippen LogP) is 0.847. The lowest BCUT2D eigenvalue weighted by molar-refractivity contribution is 0.0731. The first-order chi connectivity index (χ1) is 7.19. The summed E-state index contributed by atoms with van der Waals surface area (Å²) in [6.45, 7) is 2.63. The highest BCUT2D eigenvalue weighted by molar-refractivity contribution is 5.94. The molecule has 0 saturated carbocycles. The molecule has 2 N–H and O–H groups in total. The van der Waals surface area contributed by atoms with E-state index in [4.69, 9.17) is 5.11 Å². The maximum absolute atomic E-state index is 11.8. The molecule has 1 amide bonds. The number of aliphatic hydroxyl groups is 1. The van der Waals surface area contributed by atoms with Gasteiger partial charge in [-0.2, -0.15) is 0 Å². The van der Waals surface area contributed by atoms with E-state index >= 15 is 0 Å². The molecule has 0 unspecified atom stereocenters. The SMILES string of the molecule is CCN(CCO)C(=O)c1cccc(O)c1. The summed E-state index contributed by atoms with van der Waals surface area (Å²) in [5.74, 6) is -0.108. The summed E-state index contributed by atoms with van der Waals surface area (Å²) in [5.41, 5.74) is 0.435. The van der Waals surface area contributed by atoms with E-state index in [2.05, 4.69) is 0 Å². The zero-order valence-corrected chi connectivity index (χ0v) is 8.68. The fraction of sp³-hybridized carbons (Fsp3) is 0.364. The van der Waals surface area contributed by atoms with E-state index in [0.29, 0.717) is 18.7 Å². The van der Waals surface area contributed by atoms with Crippen molar-refractivity contribution >= 4 is 5.91 Å². The van der Waals surface area contributed by atoms with Crippen LogP contribution in [-0.2, 0) is 0 Å². The van der Waals surface area contributed by atoms with Crippen molar-refractivity contribution in [3.8, 4) is 5.75 Å². The molecule has 0 bridgehead atoms. The van der Waals surface area contributed by atoms with Crippen molar-refractivity contribution in [2.45, 2.75) is 6.92 Å². The Labute approximate surface area is 88.8 Å². The van der Waals surface area contributed by atoms with Crippen LogP contribution >= 0.6 is 0 Å². The molecular formula is C11H15NO3. The number of rotatable bonds is 4. The number of phenolic OH excluding ortho intramolecular Hbond substituents is 1. The standard InChI is InChI=1S/C11H15NO3/c1-2-12(6-7-13)11(15)9-4-3-5-10(14)8-9/h3-5,8,13-14H,2,6-7H2,1H3. The molecule has 1 aromatic rings. The van der Waals surface area contributed by atoms with E-state index < -0.39 is 0 Å². The first-order valence-corrected chi connectivity index (χ1v) is 4.88. The molecule has 0 radical (unpaired) electrons. The van der Waals surface area contributed by atoms with Gasteiger partial charge in [0.2, 0.25) is 0 Å². The van der Waals surface area contributed by atoms with Gasteiger partial charge >= 0.3 is 0 Å². The molecule has 4 nitrogen and oxygen atoms in total. The van der Waals surface area contributed by atoms with Crippen LogP contribution in [0.3, 0.4) is 0 Å². The van der Waals surface area contributed by atoms with Gasteiger partial charge in [-0.3, -0.25) is 4.79 Å². The molecule has 0 fully saturated rings. The van der Waals surface area contributed by atoms with Crippen molar-refractivity contribution in [2.24, 2.45) is 0 Å². The van der Waals surface area contributed by atoms with Crippen molar-refractivity contribution < 1.29 is 15.0 Å². The lowest BCUT2D eigenvalue weighted by atomic mass is 10.2. The van der Waals surface area contributed by atoms with Crippen LogP contribution in [0.15, 0.2) is 24.3 Å². The summed E-state index contributed by atoms with van der Waals surface area (Å²) in [6, 6.07) is 6.19. The molecule has 1 rings (SSSR count). The van der Waals surface area contributed by atoms with Crippen LogP contribution in [0, 0.1) is 0 Å². The summed E-state index contributed by atoms with van der Waals surface area (Å²) >= 11 is 0. The van der Waals surface area contributed by atoms with Crippen molar-refractivity contribution in [3.05, 3.63) is 29.8 Å². The van der Waals surface area contributed by atoms with Crippen LogP contribution in [0.1, 0.15) is 17.3 Å². The Bertz CT molecular complexity index is 338. The number of likely N-dealkylation sites (N-methyl/N-ethyl adjacent to an activating group) is 1. The van der Waals surface area contributed by atoms with Crippen molar-refractivity contribution in [1.29, 1.82) is 0 Å². The lowest BCUT2D eigenvalue weighted by Gasteiger charge is -2.19. The second kappa shape index (κ2) is 5.36. The smallest absolute Gasteiger partial charge is 0.254 e. The molecule has 0 atom stereocenters. The van der Waals surface area contributed by atoms with E-state index in [1.807, 2.05) is 6.92 Å². The average Bonchev–Trinajstić information content (AvgIpc) is 2.25. The molecule has 0 aromatic heterocycles. The average molecular weight is 209 g/mol. The predicted molar refractivity (Wildman–Crippen MR) is 56.8 cm³/mol. The van der Waals surface area contributed by atoms with Gasteiger partial charge in [-0.05, 0) is 25.1 Å². The number of carbonyl (C=O) groups excluding carboxylic acids is 1. The quantitative estimate of drug-likeness (QED) is 0.772. The zero-order valence-electron chi connectivity index (χ0n) is 8.68. The minimum absolute atomic E-state index is 0.0571. The molecule has 0 saturated heterocycles. The number of benzene rings is 1. The highest BCUT2D eigenvalue weighted by Crippen LogP contribution is 2.12. The first-order valence-electron chi connectivity index (χ1n) is 4.88. The van der Waals surface area contributed by atoms with E-state index in [1.165, 1.54) is 17.0 Å². The van der Waals surface area contributed by atoms with E-state index in [9.17, 15) is 9.90 Å². The van der Waals surface area contributed by atoms with E-state index in [0.717, 1.165) is 0 Å². The molecular weight excluding hydrogens is 194 g/mol. The van der Waals surface area contributed by atoms with Gasteiger partial charge in [0.15, 0.2) is 0 Å². The Morgan fingerprint density at radius 1 is 1.47 bits per heavy atom. The topological polar surface area (TPSA) is 60.8 Å². The van der Waals surface area contributed by atoms with Gasteiger partial charge in [-0.15, -0.1) is 0 Å². The largest absolute Gasteiger partial charge is 0.508 e. The van der Waals surface area contributed by atoms with Gasteiger partial charge in [0, 0.05) is 18.7 Å². The molecule has 1 aromatic carbocycles. The Morgan fingerprint density at radius 3 is 2.73 bits per heavy atom.